The summed E-state index contributed by atoms with van der Waals surface area (Å²) >= 11 is 0. The van der Waals surface area contributed by atoms with Crippen molar-refractivity contribution >= 4 is 5.69 Å². The van der Waals surface area contributed by atoms with E-state index in [0.717, 1.165) is 5.69 Å². The van der Waals surface area contributed by atoms with Gasteiger partial charge in [-0.2, -0.15) is 4.98 Å². The van der Waals surface area contributed by atoms with Crippen LogP contribution < -0.4 is 10.5 Å². The summed E-state index contributed by atoms with van der Waals surface area (Å²) in [4.78, 5) is 4.27. The number of rotatable bonds is 3. The molecule has 0 aliphatic carbocycles. The Balaban J connectivity index is 2.18. The molecule has 0 unspecified atom stereocenters. The van der Waals surface area contributed by atoms with Crippen molar-refractivity contribution in [1.29, 1.82) is 0 Å². The molecule has 0 saturated heterocycles. The Hall–Kier alpha value is -2.89. The molecule has 2 N–H and O–H groups in total. The van der Waals surface area contributed by atoms with Crippen LogP contribution in [0.3, 0.4) is 0 Å². The van der Waals surface area contributed by atoms with Gasteiger partial charge in [0, 0.05) is 11.3 Å². The molecule has 1 aromatic heterocycles. The number of benzene rings is 2. The van der Waals surface area contributed by atoms with Gasteiger partial charge >= 0.3 is 6.01 Å². The topological polar surface area (TPSA) is 66.0 Å². The second-order valence-electron chi connectivity index (χ2n) is 4.44. The molecule has 0 spiro atoms. The standard InChI is InChI=1S/C15H13FN4O/c1-21-15-18-14(10-4-2-5-11(16)8-10)20(19-15)13-7-3-6-12(17)9-13/h2-9H,17H2,1H3. The predicted molar refractivity (Wildman–Crippen MR) is 77.7 cm³/mol. The number of hydrogen-bond donors (Lipinski definition) is 1. The van der Waals surface area contributed by atoms with Crippen LogP contribution in [0.2, 0.25) is 0 Å². The summed E-state index contributed by atoms with van der Waals surface area (Å²) in [6.45, 7) is 0. The number of methoxy groups -OCH3 is 1. The molecular formula is C15H13FN4O. The maximum atomic E-state index is 13.4. The van der Waals surface area contributed by atoms with E-state index in [0.29, 0.717) is 17.1 Å². The Morgan fingerprint density at radius 2 is 1.95 bits per heavy atom. The monoisotopic (exact) mass is 284 g/mol. The van der Waals surface area contributed by atoms with E-state index in [-0.39, 0.29) is 11.8 Å². The highest BCUT2D eigenvalue weighted by atomic mass is 19.1. The van der Waals surface area contributed by atoms with Crippen LogP contribution in [0, 0.1) is 5.82 Å². The van der Waals surface area contributed by atoms with Gasteiger partial charge < -0.3 is 10.5 Å². The van der Waals surface area contributed by atoms with Crippen molar-refractivity contribution in [3.8, 4) is 23.1 Å². The lowest BCUT2D eigenvalue weighted by Crippen LogP contribution is -2.00. The molecule has 2 aromatic carbocycles. The minimum Gasteiger partial charge on any atom is -0.466 e. The van der Waals surface area contributed by atoms with Gasteiger partial charge in [-0.15, -0.1) is 5.10 Å². The second kappa shape index (κ2) is 5.24. The third-order valence-electron chi connectivity index (χ3n) is 2.97. The highest BCUT2D eigenvalue weighted by Gasteiger charge is 2.14. The largest absolute Gasteiger partial charge is 0.466 e. The quantitative estimate of drug-likeness (QED) is 0.751. The number of anilines is 1. The number of nitrogen functional groups attached to an aromatic ring is 1. The summed E-state index contributed by atoms with van der Waals surface area (Å²) < 4.78 is 20.1. The first-order valence-electron chi connectivity index (χ1n) is 6.30. The van der Waals surface area contributed by atoms with Crippen molar-refractivity contribution < 1.29 is 9.13 Å². The van der Waals surface area contributed by atoms with E-state index in [2.05, 4.69) is 10.1 Å². The summed E-state index contributed by atoms with van der Waals surface area (Å²) in [5, 5.41) is 4.25. The van der Waals surface area contributed by atoms with E-state index in [9.17, 15) is 4.39 Å². The van der Waals surface area contributed by atoms with Crippen molar-refractivity contribution in [3.05, 3.63) is 54.3 Å². The van der Waals surface area contributed by atoms with Crippen molar-refractivity contribution in [3.63, 3.8) is 0 Å². The van der Waals surface area contributed by atoms with Gasteiger partial charge in [0.25, 0.3) is 0 Å². The smallest absolute Gasteiger partial charge is 0.336 e. The van der Waals surface area contributed by atoms with Gasteiger partial charge in [0.2, 0.25) is 0 Å². The van der Waals surface area contributed by atoms with Crippen molar-refractivity contribution in [1.82, 2.24) is 14.8 Å². The Morgan fingerprint density at radius 1 is 1.14 bits per heavy atom. The maximum Gasteiger partial charge on any atom is 0.336 e. The molecule has 3 aromatic rings. The van der Waals surface area contributed by atoms with Crippen LogP contribution >= 0.6 is 0 Å². The van der Waals surface area contributed by atoms with Gasteiger partial charge in [0.1, 0.15) is 5.82 Å². The van der Waals surface area contributed by atoms with E-state index in [4.69, 9.17) is 10.5 Å². The van der Waals surface area contributed by atoms with Gasteiger partial charge in [0.05, 0.1) is 12.8 Å². The summed E-state index contributed by atoms with van der Waals surface area (Å²) in [6.07, 6.45) is 0. The molecule has 21 heavy (non-hydrogen) atoms. The van der Waals surface area contributed by atoms with Crippen LogP contribution in [0.5, 0.6) is 6.01 Å². The first-order valence-corrected chi connectivity index (χ1v) is 6.30. The van der Waals surface area contributed by atoms with Gasteiger partial charge in [-0.25, -0.2) is 9.07 Å². The van der Waals surface area contributed by atoms with Crippen LogP contribution in [0.25, 0.3) is 17.1 Å². The third kappa shape index (κ3) is 2.55. The molecule has 106 valence electrons. The Bertz CT molecular complexity index is 722. The van der Waals surface area contributed by atoms with Crippen molar-refractivity contribution in [2.45, 2.75) is 0 Å². The zero-order chi connectivity index (χ0) is 14.8. The Labute approximate surface area is 120 Å². The molecule has 3 rings (SSSR count). The molecule has 0 fully saturated rings. The first-order chi connectivity index (χ1) is 10.2. The number of hydrogen-bond acceptors (Lipinski definition) is 4. The molecule has 6 heteroatoms. The normalized spacial score (nSPS) is 10.6. The molecule has 0 aliphatic heterocycles. The van der Waals surface area contributed by atoms with Gasteiger partial charge in [0.15, 0.2) is 5.82 Å². The summed E-state index contributed by atoms with van der Waals surface area (Å²) in [5.74, 6) is 0.144. The van der Waals surface area contributed by atoms with E-state index >= 15 is 0 Å². The molecule has 0 radical (unpaired) electrons. The molecule has 0 bridgehead atoms. The van der Waals surface area contributed by atoms with Gasteiger partial charge in [-0.05, 0) is 30.3 Å². The van der Waals surface area contributed by atoms with E-state index in [1.807, 2.05) is 12.1 Å². The fourth-order valence-electron chi connectivity index (χ4n) is 2.03. The van der Waals surface area contributed by atoms with Crippen LogP contribution in [0.4, 0.5) is 10.1 Å². The third-order valence-corrected chi connectivity index (χ3v) is 2.97. The fraction of sp³-hybridized carbons (Fsp3) is 0.0667. The van der Waals surface area contributed by atoms with Crippen molar-refractivity contribution in [2.24, 2.45) is 0 Å². The Morgan fingerprint density at radius 3 is 2.67 bits per heavy atom. The van der Waals surface area contributed by atoms with Crippen LogP contribution in [0.1, 0.15) is 0 Å². The van der Waals surface area contributed by atoms with Crippen LogP contribution in [0.15, 0.2) is 48.5 Å². The zero-order valence-corrected chi connectivity index (χ0v) is 11.3. The van der Waals surface area contributed by atoms with E-state index in [1.54, 1.807) is 28.9 Å². The lowest BCUT2D eigenvalue weighted by atomic mass is 10.2. The zero-order valence-electron chi connectivity index (χ0n) is 11.3. The first kappa shape index (κ1) is 13.1. The minimum atomic E-state index is -0.339. The molecule has 0 amide bonds. The maximum absolute atomic E-state index is 13.4. The molecule has 1 heterocycles. The number of nitrogens with zero attached hydrogens (tertiary/aromatic N) is 3. The van der Waals surface area contributed by atoms with Crippen molar-refractivity contribution in [2.75, 3.05) is 12.8 Å². The molecule has 0 saturated carbocycles. The lowest BCUT2D eigenvalue weighted by Gasteiger charge is -2.06. The molecule has 0 atom stereocenters. The summed E-state index contributed by atoms with van der Waals surface area (Å²) in [7, 11) is 1.48. The predicted octanol–water partition coefficient (Wildman–Crippen LogP) is 2.66. The Kier molecular flexibility index (Phi) is 3.27. The second-order valence-corrected chi connectivity index (χ2v) is 4.44. The SMILES string of the molecule is COc1nc(-c2cccc(F)c2)n(-c2cccc(N)c2)n1. The number of aromatic nitrogens is 3. The van der Waals surface area contributed by atoms with Gasteiger partial charge in [-0.1, -0.05) is 18.2 Å². The summed E-state index contributed by atoms with van der Waals surface area (Å²) in [5.41, 5.74) is 7.73. The van der Waals surface area contributed by atoms with E-state index in [1.165, 1.54) is 19.2 Å². The highest BCUT2D eigenvalue weighted by Crippen LogP contribution is 2.24. The number of ether oxygens (including phenoxy) is 1. The van der Waals surface area contributed by atoms with Gasteiger partial charge in [-0.3, -0.25) is 0 Å². The summed E-state index contributed by atoms with van der Waals surface area (Å²) in [6, 6.07) is 13.5. The minimum absolute atomic E-state index is 0.205. The average molecular weight is 284 g/mol. The van der Waals surface area contributed by atoms with Crippen LogP contribution in [-0.2, 0) is 0 Å². The van der Waals surface area contributed by atoms with Crippen LogP contribution in [-0.4, -0.2) is 21.9 Å². The molecule has 5 nitrogen and oxygen atoms in total. The highest BCUT2D eigenvalue weighted by molar-refractivity contribution is 5.59. The fourth-order valence-corrected chi connectivity index (χ4v) is 2.03. The van der Waals surface area contributed by atoms with E-state index < -0.39 is 0 Å². The molecular weight excluding hydrogens is 271 g/mol. The lowest BCUT2D eigenvalue weighted by molar-refractivity contribution is 0.380. The number of nitrogens with two attached hydrogens (primary N) is 1. The number of halogens is 1. The average Bonchev–Trinajstić information content (AvgIpc) is 2.91. The molecule has 0 aliphatic rings.